The van der Waals surface area contributed by atoms with E-state index < -0.39 is 0 Å². The van der Waals surface area contributed by atoms with Gasteiger partial charge >= 0.3 is 0 Å². The number of hydrogen-bond acceptors (Lipinski definition) is 3. The topological polar surface area (TPSA) is 56.7 Å². The Bertz CT molecular complexity index is 356. The number of aromatic nitrogens is 3. The Morgan fingerprint density at radius 1 is 1.38 bits per heavy atom. The summed E-state index contributed by atoms with van der Waals surface area (Å²) in [4.78, 5) is 4.65. The minimum atomic E-state index is -0.215. The molecule has 4 heteroatoms. The third-order valence-corrected chi connectivity index (χ3v) is 3.20. The maximum atomic E-state index is 6.02. The van der Waals surface area contributed by atoms with Crippen LogP contribution in [0, 0.1) is 0 Å². The molecule has 0 radical (unpaired) electrons. The molecule has 1 aromatic rings. The van der Waals surface area contributed by atoms with Crippen LogP contribution in [0.1, 0.15) is 57.1 Å². The molecule has 1 heterocycles. The Morgan fingerprint density at radius 3 is 2.56 bits per heavy atom. The van der Waals surface area contributed by atoms with Gasteiger partial charge in [0.25, 0.3) is 0 Å². The highest BCUT2D eigenvalue weighted by Crippen LogP contribution is 2.32. The van der Waals surface area contributed by atoms with E-state index >= 15 is 0 Å². The van der Waals surface area contributed by atoms with E-state index in [1.54, 1.807) is 0 Å². The fraction of sp³-hybridized carbons (Fsp3) is 0.833. The van der Waals surface area contributed by atoms with Crippen LogP contribution in [0.4, 0.5) is 0 Å². The highest BCUT2D eigenvalue weighted by Gasteiger charge is 2.23. The summed E-state index contributed by atoms with van der Waals surface area (Å²) in [5, 5.41) is 4.53. The van der Waals surface area contributed by atoms with Crippen molar-refractivity contribution < 1.29 is 0 Å². The lowest BCUT2D eigenvalue weighted by molar-refractivity contribution is 0.488. The molecule has 0 aliphatic heterocycles. The van der Waals surface area contributed by atoms with Gasteiger partial charge in [0, 0.05) is 24.9 Å². The lowest BCUT2D eigenvalue weighted by atomic mass is 10.0. The van der Waals surface area contributed by atoms with Gasteiger partial charge in [0.1, 0.15) is 5.82 Å². The molecule has 1 aliphatic rings. The second-order valence-electron chi connectivity index (χ2n) is 5.66. The molecule has 0 spiro atoms. The minimum absolute atomic E-state index is 0.215. The van der Waals surface area contributed by atoms with Crippen LogP contribution in [0.5, 0.6) is 0 Å². The van der Waals surface area contributed by atoms with Crippen LogP contribution >= 0.6 is 0 Å². The molecule has 0 amide bonds. The van der Waals surface area contributed by atoms with Crippen molar-refractivity contribution in [1.82, 2.24) is 14.8 Å². The van der Waals surface area contributed by atoms with Gasteiger partial charge in [0.05, 0.1) is 0 Å². The molecule has 1 fully saturated rings. The van der Waals surface area contributed by atoms with Gasteiger partial charge in [0.15, 0.2) is 5.82 Å². The molecule has 2 rings (SSSR count). The average Bonchev–Trinajstić information content (AvgIpc) is 2.73. The predicted octanol–water partition coefficient (Wildman–Crippen LogP) is 1.75. The summed E-state index contributed by atoms with van der Waals surface area (Å²) in [7, 11) is 1.96. The normalized spacial score (nSPS) is 18.2. The molecule has 0 aromatic carbocycles. The molecule has 1 aliphatic carbocycles. The molecule has 0 bridgehead atoms. The molecular weight excluding hydrogens is 200 g/mol. The number of rotatable bonds is 3. The van der Waals surface area contributed by atoms with Gasteiger partial charge in [-0.1, -0.05) is 12.8 Å². The third-order valence-electron chi connectivity index (χ3n) is 3.20. The third kappa shape index (κ3) is 2.61. The maximum Gasteiger partial charge on any atom is 0.154 e. The van der Waals surface area contributed by atoms with Gasteiger partial charge in [-0.05, 0) is 26.7 Å². The first-order valence-corrected chi connectivity index (χ1v) is 6.14. The number of hydrogen-bond donors (Lipinski definition) is 1. The summed E-state index contributed by atoms with van der Waals surface area (Å²) in [6, 6.07) is 0. The predicted molar refractivity (Wildman–Crippen MR) is 64.2 cm³/mol. The van der Waals surface area contributed by atoms with Crippen LogP contribution in [-0.2, 0) is 13.5 Å². The molecule has 16 heavy (non-hydrogen) atoms. The van der Waals surface area contributed by atoms with Crippen molar-refractivity contribution in [2.45, 2.75) is 57.4 Å². The summed E-state index contributed by atoms with van der Waals surface area (Å²) < 4.78 is 1.89. The second-order valence-corrected chi connectivity index (χ2v) is 5.66. The van der Waals surface area contributed by atoms with Gasteiger partial charge in [-0.15, -0.1) is 0 Å². The maximum absolute atomic E-state index is 6.02. The van der Waals surface area contributed by atoms with E-state index in [4.69, 9.17) is 5.73 Å². The monoisotopic (exact) mass is 222 g/mol. The summed E-state index contributed by atoms with van der Waals surface area (Å²) in [5.74, 6) is 2.62. The molecule has 0 atom stereocenters. The summed E-state index contributed by atoms with van der Waals surface area (Å²) in [5.41, 5.74) is 5.80. The quantitative estimate of drug-likeness (QED) is 0.847. The first-order valence-electron chi connectivity index (χ1n) is 6.14. The minimum Gasteiger partial charge on any atom is -0.325 e. The van der Waals surface area contributed by atoms with Gasteiger partial charge in [-0.2, -0.15) is 5.10 Å². The molecule has 1 saturated carbocycles. The van der Waals surface area contributed by atoms with Gasteiger partial charge in [-0.25, -0.2) is 4.98 Å². The molecule has 4 nitrogen and oxygen atoms in total. The van der Waals surface area contributed by atoms with Gasteiger partial charge in [0.2, 0.25) is 0 Å². The molecular formula is C12H22N4. The zero-order valence-electron chi connectivity index (χ0n) is 10.5. The van der Waals surface area contributed by atoms with E-state index in [2.05, 4.69) is 10.1 Å². The van der Waals surface area contributed by atoms with E-state index in [9.17, 15) is 0 Å². The SMILES string of the molecule is Cn1nc(C2CCCC2)nc1CC(C)(C)N. The van der Waals surface area contributed by atoms with E-state index in [-0.39, 0.29) is 5.54 Å². The average molecular weight is 222 g/mol. The summed E-state index contributed by atoms with van der Waals surface area (Å²) >= 11 is 0. The zero-order chi connectivity index (χ0) is 11.8. The highest BCUT2D eigenvalue weighted by atomic mass is 15.3. The number of nitrogens with zero attached hydrogens (tertiary/aromatic N) is 3. The van der Waals surface area contributed by atoms with E-state index in [1.807, 2.05) is 25.6 Å². The summed E-state index contributed by atoms with van der Waals surface area (Å²) in [6.07, 6.45) is 5.91. The van der Waals surface area contributed by atoms with Crippen molar-refractivity contribution in [2.75, 3.05) is 0 Å². The van der Waals surface area contributed by atoms with Crippen LogP contribution in [0.3, 0.4) is 0 Å². The Labute approximate surface area is 97.2 Å². The van der Waals surface area contributed by atoms with Crippen LogP contribution < -0.4 is 5.73 Å². The standard InChI is InChI=1S/C12H22N4/c1-12(2,13)8-10-14-11(15-16(10)3)9-6-4-5-7-9/h9H,4-8,13H2,1-3H3. The van der Waals surface area contributed by atoms with Crippen molar-refractivity contribution in [3.05, 3.63) is 11.6 Å². The van der Waals surface area contributed by atoms with Crippen molar-refractivity contribution >= 4 is 0 Å². The highest BCUT2D eigenvalue weighted by molar-refractivity contribution is 5.03. The molecule has 0 unspecified atom stereocenters. The van der Waals surface area contributed by atoms with Crippen LogP contribution in [0.15, 0.2) is 0 Å². The van der Waals surface area contributed by atoms with E-state index in [0.29, 0.717) is 5.92 Å². The van der Waals surface area contributed by atoms with Crippen molar-refractivity contribution in [1.29, 1.82) is 0 Å². The molecule has 2 N–H and O–H groups in total. The van der Waals surface area contributed by atoms with Crippen LogP contribution in [0.2, 0.25) is 0 Å². The Kier molecular flexibility index (Phi) is 3.02. The van der Waals surface area contributed by atoms with Crippen molar-refractivity contribution in [3.63, 3.8) is 0 Å². The van der Waals surface area contributed by atoms with E-state index in [1.165, 1.54) is 25.7 Å². The molecule has 0 saturated heterocycles. The Morgan fingerprint density at radius 2 is 2.00 bits per heavy atom. The van der Waals surface area contributed by atoms with Crippen LogP contribution in [0.25, 0.3) is 0 Å². The number of nitrogens with two attached hydrogens (primary N) is 1. The lowest BCUT2D eigenvalue weighted by Gasteiger charge is -2.16. The largest absolute Gasteiger partial charge is 0.325 e. The zero-order valence-corrected chi connectivity index (χ0v) is 10.5. The molecule has 90 valence electrons. The smallest absolute Gasteiger partial charge is 0.154 e. The van der Waals surface area contributed by atoms with Gasteiger partial charge < -0.3 is 5.73 Å². The fourth-order valence-electron chi connectivity index (χ4n) is 2.36. The number of aryl methyl sites for hydroxylation is 1. The van der Waals surface area contributed by atoms with E-state index in [0.717, 1.165) is 18.1 Å². The Hall–Kier alpha value is -0.900. The summed E-state index contributed by atoms with van der Waals surface area (Å²) in [6.45, 7) is 4.05. The first-order chi connectivity index (χ1) is 7.46. The Balaban J connectivity index is 2.15. The second kappa shape index (κ2) is 4.17. The lowest BCUT2D eigenvalue weighted by Crippen LogP contribution is -2.35. The first kappa shape index (κ1) is 11.6. The van der Waals surface area contributed by atoms with Crippen LogP contribution in [-0.4, -0.2) is 20.3 Å². The van der Waals surface area contributed by atoms with Crippen molar-refractivity contribution in [3.8, 4) is 0 Å². The van der Waals surface area contributed by atoms with Gasteiger partial charge in [-0.3, -0.25) is 4.68 Å². The molecule has 1 aromatic heterocycles. The fourth-order valence-corrected chi connectivity index (χ4v) is 2.36. The van der Waals surface area contributed by atoms with Crippen molar-refractivity contribution in [2.24, 2.45) is 12.8 Å².